The van der Waals surface area contributed by atoms with Crippen LogP contribution in [0.25, 0.3) is 0 Å². The summed E-state index contributed by atoms with van der Waals surface area (Å²) >= 11 is 11.8. The largest absolute Gasteiger partial charge is 0.351 e. The SMILES string of the molecule is Cc1ccc(C)c(S(=O)(=O)NCCNC(=O)c2ccc(Cl)cc2Cl)c1. The lowest BCUT2D eigenvalue weighted by Crippen LogP contribution is -2.35. The zero-order chi connectivity index (χ0) is 18.6. The lowest BCUT2D eigenvalue weighted by molar-refractivity contribution is 0.0954. The molecular formula is C17H18Cl2N2O3S. The monoisotopic (exact) mass is 400 g/mol. The molecule has 8 heteroatoms. The number of hydrogen-bond acceptors (Lipinski definition) is 3. The molecule has 2 rings (SSSR count). The van der Waals surface area contributed by atoms with Gasteiger partial charge < -0.3 is 5.32 Å². The quantitative estimate of drug-likeness (QED) is 0.730. The number of amides is 1. The van der Waals surface area contributed by atoms with Gasteiger partial charge in [0.05, 0.1) is 15.5 Å². The van der Waals surface area contributed by atoms with Gasteiger partial charge in [0.15, 0.2) is 0 Å². The van der Waals surface area contributed by atoms with Gasteiger partial charge in [-0.05, 0) is 49.2 Å². The minimum absolute atomic E-state index is 0.0622. The molecule has 0 fully saturated rings. The fourth-order valence-electron chi connectivity index (χ4n) is 2.20. The van der Waals surface area contributed by atoms with Crippen LogP contribution in [0.4, 0.5) is 0 Å². The predicted octanol–water partition coefficient (Wildman–Crippen LogP) is 3.32. The number of carbonyl (C=O) groups is 1. The summed E-state index contributed by atoms with van der Waals surface area (Å²) in [5.74, 6) is -0.396. The summed E-state index contributed by atoms with van der Waals surface area (Å²) in [5, 5.41) is 3.29. The minimum atomic E-state index is -3.63. The van der Waals surface area contributed by atoms with Crippen molar-refractivity contribution >= 4 is 39.1 Å². The second kappa shape index (κ2) is 8.19. The molecule has 0 saturated heterocycles. The molecule has 2 N–H and O–H groups in total. The van der Waals surface area contributed by atoms with E-state index in [-0.39, 0.29) is 28.6 Å². The lowest BCUT2D eigenvalue weighted by Gasteiger charge is -2.11. The number of rotatable bonds is 6. The predicted molar refractivity (Wildman–Crippen MR) is 99.9 cm³/mol. The molecule has 0 saturated carbocycles. The number of hydrogen-bond donors (Lipinski definition) is 2. The number of aryl methyl sites for hydroxylation is 2. The molecule has 0 spiro atoms. The highest BCUT2D eigenvalue weighted by Crippen LogP contribution is 2.20. The van der Waals surface area contributed by atoms with Crippen molar-refractivity contribution in [3.63, 3.8) is 0 Å². The number of sulfonamides is 1. The summed E-state index contributed by atoms with van der Waals surface area (Å²) in [6, 6.07) is 9.77. The molecule has 0 aromatic heterocycles. The van der Waals surface area contributed by atoms with E-state index in [4.69, 9.17) is 23.2 Å². The van der Waals surface area contributed by atoms with Crippen LogP contribution in [0.5, 0.6) is 0 Å². The Balaban J connectivity index is 1.94. The third-order valence-electron chi connectivity index (χ3n) is 3.51. The molecule has 0 aliphatic rings. The van der Waals surface area contributed by atoms with Crippen molar-refractivity contribution in [1.82, 2.24) is 10.0 Å². The average Bonchev–Trinajstić information content (AvgIpc) is 2.53. The molecule has 0 heterocycles. The van der Waals surface area contributed by atoms with Gasteiger partial charge >= 0.3 is 0 Å². The van der Waals surface area contributed by atoms with E-state index in [1.807, 2.05) is 13.0 Å². The van der Waals surface area contributed by atoms with Gasteiger partial charge in [0.1, 0.15) is 0 Å². The van der Waals surface area contributed by atoms with Crippen LogP contribution in [0.15, 0.2) is 41.3 Å². The minimum Gasteiger partial charge on any atom is -0.351 e. The molecule has 0 aliphatic carbocycles. The van der Waals surface area contributed by atoms with Crippen molar-refractivity contribution in [2.75, 3.05) is 13.1 Å². The van der Waals surface area contributed by atoms with E-state index in [0.29, 0.717) is 10.6 Å². The van der Waals surface area contributed by atoms with Crippen LogP contribution in [-0.4, -0.2) is 27.4 Å². The molecular weight excluding hydrogens is 383 g/mol. The van der Waals surface area contributed by atoms with E-state index in [1.165, 1.54) is 12.1 Å². The van der Waals surface area contributed by atoms with Crippen LogP contribution in [0, 0.1) is 13.8 Å². The Kier molecular flexibility index (Phi) is 6.46. The Morgan fingerprint density at radius 1 is 1.04 bits per heavy atom. The average molecular weight is 401 g/mol. The normalized spacial score (nSPS) is 11.4. The summed E-state index contributed by atoms with van der Waals surface area (Å²) in [6.45, 7) is 3.75. The molecule has 0 aliphatic heterocycles. The van der Waals surface area contributed by atoms with Gasteiger partial charge in [0.25, 0.3) is 5.91 Å². The zero-order valence-corrected chi connectivity index (χ0v) is 16.1. The van der Waals surface area contributed by atoms with Crippen LogP contribution < -0.4 is 10.0 Å². The summed E-state index contributed by atoms with van der Waals surface area (Å²) in [4.78, 5) is 12.3. The van der Waals surface area contributed by atoms with Gasteiger partial charge in [0.2, 0.25) is 10.0 Å². The molecule has 2 aromatic rings. The maximum absolute atomic E-state index is 12.4. The molecule has 5 nitrogen and oxygen atoms in total. The summed E-state index contributed by atoms with van der Waals surface area (Å²) in [6.07, 6.45) is 0. The highest BCUT2D eigenvalue weighted by atomic mass is 35.5. The Hall–Kier alpha value is -1.60. The van der Waals surface area contributed by atoms with Gasteiger partial charge in [-0.1, -0.05) is 35.3 Å². The van der Waals surface area contributed by atoms with Gasteiger partial charge in [-0.2, -0.15) is 0 Å². The summed E-state index contributed by atoms with van der Waals surface area (Å²) < 4.78 is 27.2. The molecule has 2 aromatic carbocycles. The topological polar surface area (TPSA) is 75.3 Å². The highest BCUT2D eigenvalue weighted by Gasteiger charge is 2.16. The van der Waals surface area contributed by atoms with Gasteiger partial charge in [-0.25, -0.2) is 13.1 Å². The molecule has 134 valence electrons. The first-order valence-corrected chi connectivity index (χ1v) is 9.75. The van der Waals surface area contributed by atoms with E-state index in [2.05, 4.69) is 10.0 Å². The molecule has 0 bridgehead atoms. The van der Waals surface area contributed by atoms with Crippen molar-refractivity contribution in [3.8, 4) is 0 Å². The van der Waals surface area contributed by atoms with Crippen molar-refractivity contribution in [2.45, 2.75) is 18.7 Å². The third kappa shape index (κ3) is 5.19. The van der Waals surface area contributed by atoms with Crippen LogP contribution in [0.1, 0.15) is 21.5 Å². The zero-order valence-electron chi connectivity index (χ0n) is 13.8. The highest BCUT2D eigenvalue weighted by molar-refractivity contribution is 7.89. The Bertz CT molecular complexity index is 899. The molecule has 0 unspecified atom stereocenters. The number of carbonyl (C=O) groups excluding carboxylic acids is 1. The van der Waals surface area contributed by atoms with E-state index in [9.17, 15) is 13.2 Å². The standard InChI is InChI=1S/C17H18Cl2N2O3S/c1-11-3-4-12(2)16(9-11)25(23,24)21-8-7-20-17(22)14-6-5-13(18)10-15(14)19/h3-6,9-10,21H,7-8H2,1-2H3,(H,20,22). The second-order valence-corrected chi connectivity index (χ2v) is 8.13. The van der Waals surface area contributed by atoms with Gasteiger partial charge in [0, 0.05) is 18.1 Å². The van der Waals surface area contributed by atoms with Crippen molar-refractivity contribution in [2.24, 2.45) is 0 Å². The Morgan fingerprint density at radius 2 is 1.76 bits per heavy atom. The van der Waals surface area contributed by atoms with Crippen LogP contribution in [0.3, 0.4) is 0 Å². The van der Waals surface area contributed by atoms with Crippen LogP contribution in [0.2, 0.25) is 10.0 Å². The van der Waals surface area contributed by atoms with E-state index in [1.54, 1.807) is 25.1 Å². The molecule has 1 amide bonds. The van der Waals surface area contributed by atoms with Gasteiger partial charge in [-0.3, -0.25) is 4.79 Å². The summed E-state index contributed by atoms with van der Waals surface area (Å²) in [5.41, 5.74) is 1.80. The summed E-state index contributed by atoms with van der Waals surface area (Å²) in [7, 11) is -3.63. The maximum atomic E-state index is 12.4. The maximum Gasteiger partial charge on any atom is 0.252 e. The number of nitrogens with one attached hydrogen (secondary N) is 2. The molecule has 25 heavy (non-hydrogen) atoms. The van der Waals surface area contributed by atoms with E-state index >= 15 is 0 Å². The molecule has 0 atom stereocenters. The molecule has 0 radical (unpaired) electrons. The number of halogens is 2. The Labute approximate surface area is 157 Å². The van der Waals surface area contributed by atoms with Crippen molar-refractivity contribution in [3.05, 3.63) is 63.1 Å². The fourth-order valence-corrected chi connectivity index (χ4v) is 4.06. The Morgan fingerprint density at radius 3 is 2.44 bits per heavy atom. The first-order valence-electron chi connectivity index (χ1n) is 7.51. The first kappa shape index (κ1) is 19.7. The second-order valence-electron chi connectivity index (χ2n) is 5.55. The van der Waals surface area contributed by atoms with E-state index in [0.717, 1.165) is 5.56 Å². The van der Waals surface area contributed by atoms with Crippen LogP contribution >= 0.6 is 23.2 Å². The van der Waals surface area contributed by atoms with Gasteiger partial charge in [-0.15, -0.1) is 0 Å². The van der Waals surface area contributed by atoms with Crippen molar-refractivity contribution in [1.29, 1.82) is 0 Å². The fraction of sp³-hybridized carbons (Fsp3) is 0.235. The van der Waals surface area contributed by atoms with Crippen LogP contribution in [-0.2, 0) is 10.0 Å². The third-order valence-corrected chi connectivity index (χ3v) is 5.66. The first-order chi connectivity index (χ1) is 11.7. The van der Waals surface area contributed by atoms with Crippen molar-refractivity contribution < 1.29 is 13.2 Å². The number of benzene rings is 2. The smallest absolute Gasteiger partial charge is 0.252 e. The lowest BCUT2D eigenvalue weighted by atomic mass is 10.2. The van der Waals surface area contributed by atoms with E-state index < -0.39 is 15.9 Å².